The normalized spacial score (nSPS) is 12.2. The molecule has 0 aliphatic rings. The maximum Gasteiger partial charge on any atom is 0.223 e. The summed E-state index contributed by atoms with van der Waals surface area (Å²) in [5.74, 6) is 1.93. The van der Waals surface area contributed by atoms with Gasteiger partial charge in [-0.3, -0.25) is 0 Å². The average molecular weight is 281 g/mol. The zero-order valence-corrected chi connectivity index (χ0v) is 13.0. The highest BCUT2D eigenvalue weighted by atomic mass is 16.5. The second-order valence-corrected chi connectivity index (χ2v) is 4.84. The number of nitrogens with one attached hydrogen (secondary N) is 1. The van der Waals surface area contributed by atoms with Gasteiger partial charge in [-0.25, -0.2) is 0 Å². The first-order valence-electron chi connectivity index (χ1n) is 7.26. The van der Waals surface area contributed by atoms with Gasteiger partial charge in [-0.15, -0.1) is 0 Å². The van der Waals surface area contributed by atoms with Gasteiger partial charge in [-0.2, -0.15) is 9.97 Å². The first-order valence-corrected chi connectivity index (χ1v) is 7.26. The van der Waals surface area contributed by atoms with E-state index in [1.54, 1.807) is 7.11 Å². The first kappa shape index (κ1) is 16.5. The monoisotopic (exact) mass is 281 g/mol. The molecular formula is C14H27N5O. The molecular weight excluding hydrogens is 254 g/mol. The minimum atomic E-state index is 0.298. The van der Waals surface area contributed by atoms with Crippen LogP contribution in [0.1, 0.15) is 33.6 Å². The molecule has 0 amide bonds. The van der Waals surface area contributed by atoms with Gasteiger partial charge in [-0.1, -0.05) is 13.8 Å². The molecule has 6 heteroatoms. The second kappa shape index (κ2) is 8.58. The van der Waals surface area contributed by atoms with Crippen LogP contribution in [0.4, 0.5) is 17.6 Å². The first-order chi connectivity index (χ1) is 9.62. The molecule has 1 aromatic heterocycles. The van der Waals surface area contributed by atoms with E-state index in [1.807, 2.05) is 6.07 Å². The summed E-state index contributed by atoms with van der Waals surface area (Å²) in [6, 6.07) is 2.33. The predicted molar refractivity (Wildman–Crippen MR) is 84.2 cm³/mol. The minimum Gasteiger partial charge on any atom is -0.383 e. The molecule has 1 atom stereocenters. The summed E-state index contributed by atoms with van der Waals surface area (Å²) in [5.41, 5.74) is 5.82. The van der Waals surface area contributed by atoms with Crippen LogP contribution in [0.5, 0.6) is 0 Å². The van der Waals surface area contributed by atoms with Gasteiger partial charge in [0.05, 0.1) is 6.61 Å². The molecule has 3 N–H and O–H groups in total. The van der Waals surface area contributed by atoms with E-state index in [2.05, 4.69) is 41.0 Å². The summed E-state index contributed by atoms with van der Waals surface area (Å²) in [6.07, 6.45) is 2.07. The number of hydrogen-bond donors (Lipinski definition) is 2. The zero-order valence-electron chi connectivity index (χ0n) is 13.0. The van der Waals surface area contributed by atoms with Crippen molar-refractivity contribution in [3.63, 3.8) is 0 Å². The van der Waals surface area contributed by atoms with Crippen LogP contribution < -0.4 is 16.0 Å². The summed E-state index contributed by atoms with van der Waals surface area (Å²) in [6.45, 7) is 8.76. The largest absolute Gasteiger partial charge is 0.383 e. The Hall–Kier alpha value is -1.56. The Morgan fingerprint density at radius 3 is 2.75 bits per heavy atom. The van der Waals surface area contributed by atoms with Crippen LogP contribution in [0.3, 0.4) is 0 Å². The summed E-state index contributed by atoms with van der Waals surface area (Å²) >= 11 is 0. The highest BCUT2D eigenvalue weighted by Crippen LogP contribution is 2.20. The molecule has 0 saturated carbocycles. The molecule has 20 heavy (non-hydrogen) atoms. The van der Waals surface area contributed by atoms with Crippen molar-refractivity contribution in [2.75, 3.05) is 42.8 Å². The van der Waals surface area contributed by atoms with E-state index in [1.165, 1.54) is 0 Å². The maximum absolute atomic E-state index is 5.82. The van der Waals surface area contributed by atoms with Crippen molar-refractivity contribution in [1.82, 2.24) is 9.97 Å². The topological polar surface area (TPSA) is 76.3 Å². The molecule has 0 spiro atoms. The number of methoxy groups -OCH3 is 1. The van der Waals surface area contributed by atoms with Crippen molar-refractivity contribution < 1.29 is 4.74 Å². The molecule has 0 aliphatic carbocycles. The Bertz CT molecular complexity index is 399. The van der Waals surface area contributed by atoms with Crippen molar-refractivity contribution >= 4 is 17.6 Å². The zero-order chi connectivity index (χ0) is 15.0. The third-order valence-electron chi connectivity index (χ3n) is 3.24. The lowest BCUT2D eigenvalue weighted by Gasteiger charge is -2.29. The summed E-state index contributed by atoms with van der Waals surface area (Å²) in [7, 11) is 1.71. The van der Waals surface area contributed by atoms with E-state index in [4.69, 9.17) is 10.5 Å². The van der Waals surface area contributed by atoms with Gasteiger partial charge < -0.3 is 20.7 Å². The van der Waals surface area contributed by atoms with Crippen molar-refractivity contribution in [1.29, 1.82) is 0 Å². The Labute approximate surface area is 121 Å². The van der Waals surface area contributed by atoms with E-state index in [0.717, 1.165) is 37.6 Å². The second-order valence-electron chi connectivity index (χ2n) is 4.84. The Kier molecular flexibility index (Phi) is 7.08. The van der Waals surface area contributed by atoms with Gasteiger partial charge in [-0.05, 0) is 19.8 Å². The number of nitrogen functional groups attached to an aromatic ring is 1. The third-order valence-corrected chi connectivity index (χ3v) is 3.24. The van der Waals surface area contributed by atoms with E-state index in [-0.39, 0.29) is 0 Å². The fourth-order valence-corrected chi connectivity index (χ4v) is 1.91. The molecule has 0 fully saturated rings. The summed E-state index contributed by atoms with van der Waals surface area (Å²) in [4.78, 5) is 10.8. The molecule has 1 rings (SSSR count). The fourth-order valence-electron chi connectivity index (χ4n) is 1.91. The Morgan fingerprint density at radius 2 is 2.15 bits per heavy atom. The van der Waals surface area contributed by atoms with E-state index >= 15 is 0 Å². The van der Waals surface area contributed by atoms with Crippen LogP contribution in [0.2, 0.25) is 0 Å². The molecule has 0 bridgehead atoms. The summed E-state index contributed by atoms with van der Waals surface area (Å²) < 4.78 is 5.18. The molecule has 1 heterocycles. The molecule has 114 valence electrons. The van der Waals surface area contributed by atoms with Gasteiger partial charge in [0.1, 0.15) is 11.6 Å². The van der Waals surface area contributed by atoms with Crippen LogP contribution in [0, 0.1) is 0 Å². The van der Waals surface area contributed by atoms with Gasteiger partial charge in [0.15, 0.2) is 0 Å². The number of hydrogen-bond acceptors (Lipinski definition) is 6. The summed E-state index contributed by atoms with van der Waals surface area (Å²) in [5, 5.41) is 3.25. The van der Waals surface area contributed by atoms with Crippen molar-refractivity contribution in [2.24, 2.45) is 0 Å². The molecule has 0 aliphatic heterocycles. The quantitative estimate of drug-likeness (QED) is 0.722. The van der Waals surface area contributed by atoms with Crippen LogP contribution >= 0.6 is 0 Å². The average Bonchev–Trinajstić information content (AvgIpc) is 2.44. The molecule has 0 saturated heterocycles. The molecule has 0 radical (unpaired) electrons. The highest BCUT2D eigenvalue weighted by molar-refractivity contribution is 5.53. The third kappa shape index (κ3) is 4.85. The lowest BCUT2D eigenvalue weighted by Crippen LogP contribution is -2.36. The number of aromatic nitrogens is 2. The van der Waals surface area contributed by atoms with Crippen molar-refractivity contribution in [2.45, 2.75) is 39.7 Å². The number of nitrogens with zero attached hydrogens (tertiary/aromatic N) is 3. The van der Waals surface area contributed by atoms with Crippen molar-refractivity contribution in [3.05, 3.63) is 6.07 Å². The lowest BCUT2D eigenvalue weighted by atomic mass is 10.2. The number of anilines is 3. The Morgan fingerprint density at radius 1 is 1.40 bits per heavy atom. The lowest BCUT2D eigenvalue weighted by molar-refractivity contribution is 0.203. The smallest absolute Gasteiger partial charge is 0.223 e. The van der Waals surface area contributed by atoms with E-state index in [0.29, 0.717) is 18.6 Å². The Balaban J connectivity index is 2.95. The van der Waals surface area contributed by atoms with Crippen LogP contribution in [-0.2, 0) is 4.74 Å². The highest BCUT2D eigenvalue weighted by Gasteiger charge is 2.15. The van der Waals surface area contributed by atoms with E-state index in [9.17, 15) is 0 Å². The maximum atomic E-state index is 5.82. The molecule has 1 aromatic rings. The number of ether oxygens (including phenoxy) is 1. The van der Waals surface area contributed by atoms with Gasteiger partial charge in [0, 0.05) is 32.3 Å². The van der Waals surface area contributed by atoms with Crippen LogP contribution in [0.15, 0.2) is 6.07 Å². The van der Waals surface area contributed by atoms with Crippen LogP contribution in [-0.4, -0.2) is 42.8 Å². The number of nitrogens with two attached hydrogens (primary N) is 1. The standard InChI is InChI=1S/C14H27N5O/c1-5-7-16-12-10-13(18-14(15)17-12)19(8-9-20-4)11(3)6-2/h10-11H,5-9H2,1-4H3,(H3,15,16,17,18). The molecule has 0 aromatic carbocycles. The van der Waals surface area contributed by atoms with Gasteiger partial charge >= 0.3 is 0 Å². The van der Waals surface area contributed by atoms with E-state index < -0.39 is 0 Å². The SMILES string of the molecule is CCCNc1cc(N(CCOC)C(C)CC)nc(N)n1. The van der Waals surface area contributed by atoms with Gasteiger partial charge in [0.25, 0.3) is 0 Å². The van der Waals surface area contributed by atoms with Crippen LogP contribution in [0.25, 0.3) is 0 Å². The number of rotatable bonds is 9. The molecule has 1 unspecified atom stereocenters. The minimum absolute atomic E-state index is 0.298. The van der Waals surface area contributed by atoms with Crippen molar-refractivity contribution in [3.8, 4) is 0 Å². The molecule has 6 nitrogen and oxygen atoms in total. The fraction of sp³-hybridized carbons (Fsp3) is 0.714. The van der Waals surface area contributed by atoms with Gasteiger partial charge in [0.2, 0.25) is 5.95 Å². The predicted octanol–water partition coefficient (Wildman–Crippen LogP) is 2.13.